The Morgan fingerprint density at radius 3 is 2.08 bits per heavy atom. The molecule has 1 N–H and O–H groups in total. The van der Waals surface area contributed by atoms with E-state index in [0.29, 0.717) is 27.1 Å². The maximum absolute atomic E-state index is 13.8. The number of methoxy groups -OCH3 is 2. The number of hydrogen-bond donors (Lipinski definition) is 1. The molecule has 0 aliphatic rings. The number of ether oxygens (including phenoxy) is 3. The van der Waals surface area contributed by atoms with Crippen LogP contribution in [0.15, 0.2) is 84.9 Å². The monoisotopic (exact) mass is 600 g/mol. The number of sulfonamides is 1. The predicted octanol–water partition coefficient (Wildman–Crippen LogP) is 7.02. The van der Waals surface area contributed by atoms with Gasteiger partial charge in [-0.25, -0.2) is 8.42 Å². The predicted molar refractivity (Wildman–Crippen MR) is 158 cm³/mol. The van der Waals surface area contributed by atoms with Gasteiger partial charge in [0.1, 0.15) is 5.75 Å². The Morgan fingerprint density at radius 1 is 0.825 bits per heavy atom. The van der Waals surface area contributed by atoms with E-state index in [2.05, 4.69) is 5.32 Å². The van der Waals surface area contributed by atoms with Crippen LogP contribution in [0, 0.1) is 0 Å². The zero-order valence-electron chi connectivity index (χ0n) is 21.9. The van der Waals surface area contributed by atoms with Gasteiger partial charge in [-0.15, -0.1) is 0 Å². The Morgan fingerprint density at radius 2 is 1.45 bits per heavy atom. The van der Waals surface area contributed by atoms with Crippen molar-refractivity contribution >= 4 is 50.5 Å². The topological polar surface area (TPSA) is 94.2 Å². The first-order valence-electron chi connectivity index (χ1n) is 11.9. The SMILES string of the molecule is COc1cc(C(=O)Nc2cc(Cl)ccc2Oc2ccccc2)c(N(Cc2ccc(Cl)cc2)S(C)(=O)=O)cc1OC. The number of amides is 1. The van der Waals surface area contributed by atoms with Crippen molar-refractivity contribution in [3.8, 4) is 23.0 Å². The fourth-order valence-corrected chi connectivity index (χ4v) is 5.08. The molecule has 0 aromatic heterocycles. The summed E-state index contributed by atoms with van der Waals surface area (Å²) < 4.78 is 44.0. The fourth-order valence-electron chi connectivity index (χ4n) is 3.89. The highest BCUT2D eigenvalue weighted by molar-refractivity contribution is 7.92. The Kier molecular flexibility index (Phi) is 9.09. The molecule has 0 atom stereocenters. The summed E-state index contributed by atoms with van der Waals surface area (Å²) in [6.45, 7) is -0.0642. The Balaban J connectivity index is 1.79. The van der Waals surface area contributed by atoms with Gasteiger partial charge in [0.25, 0.3) is 5.91 Å². The van der Waals surface area contributed by atoms with Crippen molar-refractivity contribution in [3.63, 3.8) is 0 Å². The molecule has 0 fully saturated rings. The third kappa shape index (κ3) is 6.98. The highest BCUT2D eigenvalue weighted by atomic mass is 35.5. The van der Waals surface area contributed by atoms with E-state index < -0.39 is 15.9 Å². The number of carbonyl (C=O) groups is 1. The first-order chi connectivity index (χ1) is 19.1. The molecule has 0 saturated heterocycles. The van der Waals surface area contributed by atoms with Gasteiger partial charge in [0, 0.05) is 16.1 Å². The highest BCUT2D eigenvalue weighted by Gasteiger charge is 2.27. The van der Waals surface area contributed by atoms with Crippen molar-refractivity contribution in [1.82, 2.24) is 0 Å². The van der Waals surface area contributed by atoms with Gasteiger partial charge in [-0.05, 0) is 54.1 Å². The van der Waals surface area contributed by atoms with Gasteiger partial charge in [-0.1, -0.05) is 53.5 Å². The van der Waals surface area contributed by atoms with Gasteiger partial charge >= 0.3 is 0 Å². The Bertz CT molecular complexity index is 1610. The van der Waals surface area contributed by atoms with E-state index >= 15 is 0 Å². The zero-order valence-corrected chi connectivity index (χ0v) is 24.2. The molecule has 11 heteroatoms. The van der Waals surface area contributed by atoms with Crippen LogP contribution in [0.5, 0.6) is 23.0 Å². The van der Waals surface area contributed by atoms with E-state index in [1.165, 1.54) is 26.4 Å². The lowest BCUT2D eigenvalue weighted by Gasteiger charge is -2.26. The van der Waals surface area contributed by atoms with Crippen LogP contribution in [-0.2, 0) is 16.6 Å². The smallest absolute Gasteiger partial charge is 0.258 e. The summed E-state index contributed by atoms with van der Waals surface area (Å²) in [5.74, 6) is 0.754. The minimum Gasteiger partial charge on any atom is -0.493 e. The van der Waals surface area contributed by atoms with Crippen LogP contribution in [0.2, 0.25) is 10.0 Å². The molecule has 4 aromatic rings. The number of rotatable bonds is 10. The van der Waals surface area contributed by atoms with Crippen LogP contribution in [-0.4, -0.2) is 34.8 Å². The van der Waals surface area contributed by atoms with Gasteiger partial charge in [-0.2, -0.15) is 0 Å². The van der Waals surface area contributed by atoms with Crippen molar-refractivity contribution in [3.05, 3.63) is 106 Å². The first kappa shape index (κ1) is 29.1. The largest absolute Gasteiger partial charge is 0.493 e. The number of benzene rings is 4. The van der Waals surface area contributed by atoms with Gasteiger partial charge < -0.3 is 19.5 Å². The van der Waals surface area contributed by atoms with Crippen molar-refractivity contribution in [1.29, 1.82) is 0 Å². The van der Waals surface area contributed by atoms with Gasteiger partial charge in [0.15, 0.2) is 17.2 Å². The molecule has 1 amide bonds. The number of anilines is 2. The molecule has 0 bridgehead atoms. The zero-order chi connectivity index (χ0) is 28.9. The Hall–Kier alpha value is -3.92. The molecule has 0 saturated carbocycles. The number of hydrogen-bond acceptors (Lipinski definition) is 6. The second kappa shape index (κ2) is 12.5. The first-order valence-corrected chi connectivity index (χ1v) is 14.5. The van der Waals surface area contributed by atoms with Crippen LogP contribution in [0.25, 0.3) is 0 Å². The van der Waals surface area contributed by atoms with E-state index in [1.54, 1.807) is 54.6 Å². The molecule has 208 valence electrons. The summed E-state index contributed by atoms with van der Waals surface area (Å²) in [7, 11) is -1.04. The minimum absolute atomic E-state index is 0.0164. The molecular formula is C29H26Cl2N2O6S. The average molecular weight is 602 g/mol. The number of nitrogens with one attached hydrogen (secondary N) is 1. The van der Waals surface area contributed by atoms with Crippen molar-refractivity contribution in [2.45, 2.75) is 6.54 Å². The second-order valence-electron chi connectivity index (χ2n) is 8.63. The second-order valence-corrected chi connectivity index (χ2v) is 11.4. The summed E-state index contributed by atoms with van der Waals surface area (Å²) in [6.07, 6.45) is 1.06. The Labute approximate surface area is 243 Å². The number of para-hydroxylation sites is 1. The maximum atomic E-state index is 13.8. The molecule has 0 spiro atoms. The van der Waals surface area contributed by atoms with Crippen molar-refractivity contribution in [2.75, 3.05) is 30.1 Å². The summed E-state index contributed by atoms with van der Waals surface area (Å²) in [6, 6.07) is 23.4. The molecule has 4 rings (SSSR count). The minimum atomic E-state index is -3.88. The molecule has 0 heterocycles. The quantitative estimate of drug-likeness (QED) is 0.210. The van der Waals surface area contributed by atoms with E-state index in [0.717, 1.165) is 10.6 Å². The van der Waals surface area contributed by atoms with Crippen LogP contribution in [0.3, 0.4) is 0 Å². The van der Waals surface area contributed by atoms with Crippen LogP contribution < -0.4 is 23.8 Å². The average Bonchev–Trinajstić information content (AvgIpc) is 2.93. The number of halogens is 2. The fraction of sp³-hybridized carbons (Fsp3) is 0.138. The summed E-state index contributed by atoms with van der Waals surface area (Å²) >= 11 is 12.3. The third-order valence-corrected chi connectivity index (χ3v) is 7.43. The molecule has 4 aromatic carbocycles. The van der Waals surface area contributed by atoms with Crippen LogP contribution >= 0.6 is 23.2 Å². The summed E-state index contributed by atoms with van der Waals surface area (Å²) in [5.41, 5.74) is 1.04. The summed E-state index contributed by atoms with van der Waals surface area (Å²) in [5, 5.41) is 3.69. The maximum Gasteiger partial charge on any atom is 0.258 e. The van der Waals surface area contributed by atoms with Crippen molar-refractivity contribution in [2.24, 2.45) is 0 Å². The third-order valence-electron chi connectivity index (χ3n) is 5.82. The van der Waals surface area contributed by atoms with E-state index in [-0.39, 0.29) is 35.0 Å². The van der Waals surface area contributed by atoms with E-state index in [1.807, 2.05) is 18.2 Å². The van der Waals surface area contributed by atoms with Crippen LogP contribution in [0.4, 0.5) is 11.4 Å². The van der Waals surface area contributed by atoms with Crippen molar-refractivity contribution < 1.29 is 27.4 Å². The lowest BCUT2D eigenvalue weighted by atomic mass is 10.1. The van der Waals surface area contributed by atoms with E-state index in [4.69, 9.17) is 37.4 Å². The lowest BCUT2D eigenvalue weighted by Crippen LogP contribution is -2.31. The normalized spacial score (nSPS) is 11.0. The standard InChI is InChI=1S/C29H26Cl2N2O6S/c1-37-27-16-23(29(34)32-24-15-21(31)13-14-26(24)39-22-7-5-4-6-8-22)25(17-28(27)38-2)33(40(3,35)36)18-19-9-11-20(30)12-10-19/h4-17H,18H2,1-3H3,(H,32,34). The number of carbonyl (C=O) groups excluding carboxylic acids is 1. The molecule has 40 heavy (non-hydrogen) atoms. The molecule has 8 nitrogen and oxygen atoms in total. The summed E-state index contributed by atoms with van der Waals surface area (Å²) in [4.78, 5) is 13.8. The highest BCUT2D eigenvalue weighted by Crippen LogP contribution is 2.38. The number of nitrogens with zero attached hydrogens (tertiary/aromatic N) is 1. The molecular weight excluding hydrogens is 575 g/mol. The molecule has 0 aliphatic carbocycles. The van der Waals surface area contributed by atoms with Gasteiger partial charge in [0.2, 0.25) is 10.0 Å². The van der Waals surface area contributed by atoms with Gasteiger partial charge in [0.05, 0.1) is 44.0 Å². The van der Waals surface area contributed by atoms with Crippen LogP contribution in [0.1, 0.15) is 15.9 Å². The van der Waals surface area contributed by atoms with Gasteiger partial charge in [-0.3, -0.25) is 9.10 Å². The molecule has 0 unspecified atom stereocenters. The molecule has 0 aliphatic heterocycles. The van der Waals surface area contributed by atoms with E-state index in [9.17, 15) is 13.2 Å². The molecule has 0 radical (unpaired) electrons. The lowest BCUT2D eigenvalue weighted by molar-refractivity contribution is 0.102.